The van der Waals surface area contributed by atoms with E-state index in [1.165, 1.54) is 35.2 Å². The molecule has 3 aromatic rings. The van der Waals surface area contributed by atoms with Gasteiger partial charge < -0.3 is 10.2 Å². The first-order chi connectivity index (χ1) is 13.2. The van der Waals surface area contributed by atoms with E-state index in [9.17, 15) is 9.18 Å². The topological polar surface area (TPSA) is 58.1 Å². The van der Waals surface area contributed by atoms with Crippen molar-refractivity contribution in [1.29, 1.82) is 0 Å². The molecule has 27 heavy (non-hydrogen) atoms. The first kappa shape index (κ1) is 19.3. The van der Waals surface area contributed by atoms with E-state index in [1.807, 2.05) is 37.3 Å². The molecule has 0 spiro atoms. The standard InChI is InChI=1S/C19H19FN4OS2/c1-2-24(16-6-4-3-5-7-16)17(25)13-26-19-23-22-18(27-19)21-12-14-8-10-15(20)11-9-14/h3-11H,2,12-13H2,1H3,(H,21,22). The second-order valence-electron chi connectivity index (χ2n) is 5.62. The van der Waals surface area contributed by atoms with Crippen LogP contribution in [0.5, 0.6) is 0 Å². The van der Waals surface area contributed by atoms with Crippen molar-refractivity contribution in [2.24, 2.45) is 0 Å². The van der Waals surface area contributed by atoms with Crippen LogP contribution < -0.4 is 10.2 Å². The summed E-state index contributed by atoms with van der Waals surface area (Å²) in [4.78, 5) is 14.3. The highest BCUT2D eigenvalue weighted by atomic mass is 32.2. The third-order valence-electron chi connectivity index (χ3n) is 3.77. The zero-order valence-electron chi connectivity index (χ0n) is 14.8. The summed E-state index contributed by atoms with van der Waals surface area (Å²) in [5.41, 5.74) is 1.85. The van der Waals surface area contributed by atoms with Crippen molar-refractivity contribution >= 4 is 39.8 Å². The summed E-state index contributed by atoms with van der Waals surface area (Å²) >= 11 is 2.77. The summed E-state index contributed by atoms with van der Waals surface area (Å²) in [6, 6.07) is 15.9. The minimum Gasteiger partial charge on any atom is -0.356 e. The van der Waals surface area contributed by atoms with Crippen LogP contribution in [0.15, 0.2) is 58.9 Å². The molecule has 1 N–H and O–H groups in total. The number of hydrogen-bond donors (Lipinski definition) is 1. The van der Waals surface area contributed by atoms with Gasteiger partial charge in [-0.25, -0.2) is 4.39 Å². The van der Waals surface area contributed by atoms with E-state index < -0.39 is 0 Å². The molecule has 0 bridgehead atoms. The van der Waals surface area contributed by atoms with Gasteiger partial charge in [0.2, 0.25) is 11.0 Å². The molecule has 0 aliphatic heterocycles. The lowest BCUT2D eigenvalue weighted by Gasteiger charge is -2.20. The fourth-order valence-electron chi connectivity index (χ4n) is 2.43. The van der Waals surface area contributed by atoms with Crippen LogP contribution in [-0.4, -0.2) is 28.4 Å². The van der Waals surface area contributed by atoms with Crippen LogP contribution in [0.3, 0.4) is 0 Å². The number of thioether (sulfide) groups is 1. The second-order valence-corrected chi connectivity index (χ2v) is 7.82. The van der Waals surface area contributed by atoms with Gasteiger partial charge in [-0.3, -0.25) is 4.79 Å². The average Bonchev–Trinajstić information content (AvgIpc) is 3.15. The largest absolute Gasteiger partial charge is 0.356 e. The predicted molar refractivity (Wildman–Crippen MR) is 109 cm³/mol. The molecule has 0 radical (unpaired) electrons. The number of anilines is 2. The van der Waals surface area contributed by atoms with Crippen LogP contribution in [0, 0.1) is 5.82 Å². The SMILES string of the molecule is CCN(C(=O)CSc1nnc(NCc2ccc(F)cc2)s1)c1ccccc1. The van der Waals surface area contributed by atoms with Gasteiger partial charge in [0, 0.05) is 18.8 Å². The van der Waals surface area contributed by atoms with Crippen LogP contribution in [-0.2, 0) is 11.3 Å². The Hall–Kier alpha value is -2.45. The third kappa shape index (κ3) is 5.51. The zero-order chi connectivity index (χ0) is 19.1. The molecule has 0 atom stereocenters. The molecule has 8 heteroatoms. The molecule has 1 heterocycles. The number of para-hydroxylation sites is 1. The van der Waals surface area contributed by atoms with Gasteiger partial charge >= 0.3 is 0 Å². The van der Waals surface area contributed by atoms with E-state index in [4.69, 9.17) is 0 Å². The van der Waals surface area contributed by atoms with Crippen LogP contribution in [0.2, 0.25) is 0 Å². The zero-order valence-corrected chi connectivity index (χ0v) is 16.4. The number of carbonyl (C=O) groups is 1. The molecule has 2 aromatic carbocycles. The number of hydrogen-bond acceptors (Lipinski definition) is 6. The van der Waals surface area contributed by atoms with Gasteiger partial charge in [0.05, 0.1) is 5.75 Å². The van der Waals surface area contributed by atoms with Crippen molar-refractivity contribution in [1.82, 2.24) is 10.2 Å². The molecule has 5 nitrogen and oxygen atoms in total. The molecule has 0 aliphatic rings. The first-order valence-corrected chi connectivity index (χ1v) is 10.3. The highest BCUT2D eigenvalue weighted by molar-refractivity contribution is 8.01. The molecule has 0 aliphatic carbocycles. The highest BCUT2D eigenvalue weighted by Crippen LogP contribution is 2.26. The molecule has 1 amide bonds. The second kappa shape index (κ2) is 9.48. The van der Waals surface area contributed by atoms with E-state index >= 15 is 0 Å². The summed E-state index contributed by atoms with van der Waals surface area (Å²) < 4.78 is 13.7. The minimum absolute atomic E-state index is 0.0321. The van der Waals surface area contributed by atoms with Gasteiger partial charge in [-0.15, -0.1) is 10.2 Å². The smallest absolute Gasteiger partial charge is 0.237 e. The van der Waals surface area contributed by atoms with Gasteiger partial charge in [0.1, 0.15) is 5.82 Å². The molecule has 3 rings (SSSR count). The lowest BCUT2D eigenvalue weighted by atomic mass is 10.2. The van der Waals surface area contributed by atoms with E-state index in [0.29, 0.717) is 24.0 Å². The Bertz CT molecular complexity index is 871. The number of aromatic nitrogens is 2. The Morgan fingerprint density at radius 1 is 1.15 bits per heavy atom. The Balaban J connectivity index is 1.51. The Morgan fingerprint density at radius 3 is 2.59 bits per heavy atom. The molecular formula is C19H19FN4OS2. The molecular weight excluding hydrogens is 383 g/mol. The van der Waals surface area contributed by atoms with Crippen LogP contribution >= 0.6 is 23.1 Å². The molecule has 0 fully saturated rings. The Kier molecular flexibility index (Phi) is 6.78. The number of amides is 1. The Labute approximate surface area is 165 Å². The van der Waals surface area contributed by atoms with Crippen molar-refractivity contribution in [2.45, 2.75) is 17.8 Å². The van der Waals surface area contributed by atoms with E-state index in [2.05, 4.69) is 15.5 Å². The minimum atomic E-state index is -0.255. The van der Waals surface area contributed by atoms with E-state index in [1.54, 1.807) is 17.0 Å². The van der Waals surface area contributed by atoms with Crippen molar-refractivity contribution in [3.63, 3.8) is 0 Å². The quantitative estimate of drug-likeness (QED) is 0.565. The summed E-state index contributed by atoms with van der Waals surface area (Å²) in [5, 5.41) is 12.0. The van der Waals surface area contributed by atoms with E-state index in [-0.39, 0.29) is 11.7 Å². The van der Waals surface area contributed by atoms with E-state index in [0.717, 1.165) is 15.6 Å². The lowest BCUT2D eigenvalue weighted by molar-refractivity contribution is -0.116. The fourth-order valence-corrected chi connectivity index (χ4v) is 4.06. The summed E-state index contributed by atoms with van der Waals surface area (Å²) in [5.74, 6) is 0.0781. The Morgan fingerprint density at radius 2 is 1.89 bits per heavy atom. The molecule has 0 saturated carbocycles. The number of nitrogens with one attached hydrogen (secondary N) is 1. The molecule has 140 valence electrons. The number of halogens is 1. The normalized spacial score (nSPS) is 10.6. The number of benzene rings is 2. The monoisotopic (exact) mass is 402 g/mol. The average molecular weight is 403 g/mol. The van der Waals surface area contributed by atoms with Crippen molar-refractivity contribution < 1.29 is 9.18 Å². The van der Waals surface area contributed by atoms with Crippen LogP contribution in [0.4, 0.5) is 15.2 Å². The molecule has 0 saturated heterocycles. The van der Waals surface area contributed by atoms with Crippen molar-refractivity contribution in [3.8, 4) is 0 Å². The fraction of sp³-hybridized carbons (Fsp3) is 0.211. The number of nitrogens with zero attached hydrogens (tertiary/aromatic N) is 3. The maximum absolute atomic E-state index is 12.9. The van der Waals surface area contributed by atoms with Gasteiger partial charge in [-0.1, -0.05) is 53.4 Å². The molecule has 1 aromatic heterocycles. The van der Waals surface area contributed by atoms with Crippen molar-refractivity contribution in [3.05, 3.63) is 66.0 Å². The summed E-state index contributed by atoms with van der Waals surface area (Å²) in [6.45, 7) is 3.11. The summed E-state index contributed by atoms with van der Waals surface area (Å²) in [7, 11) is 0. The summed E-state index contributed by atoms with van der Waals surface area (Å²) in [6.07, 6.45) is 0. The van der Waals surface area contributed by atoms with Crippen LogP contribution in [0.1, 0.15) is 12.5 Å². The maximum Gasteiger partial charge on any atom is 0.237 e. The number of carbonyl (C=O) groups excluding carboxylic acids is 1. The van der Waals surface area contributed by atoms with Gasteiger partial charge in [-0.05, 0) is 36.8 Å². The van der Waals surface area contributed by atoms with Gasteiger partial charge in [0.15, 0.2) is 4.34 Å². The number of rotatable bonds is 8. The third-order valence-corrected chi connectivity index (χ3v) is 5.77. The van der Waals surface area contributed by atoms with Gasteiger partial charge in [0.25, 0.3) is 0 Å². The van der Waals surface area contributed by atoms with Crippen LogP contribution in [0.25, 0.3) is 0 Å². The lowest BCUT2D eigenvalue weighted by Crippen LogP contribution is -2.32. The maximum atomic E-state index is 12.9. The molecule has 0 unspecified atom stereocenters. The van der Waals surface area contributed by atoms with Crippen molar-refractivity contribution in [2.75, 3.05) is 22.5 Å². The van der Waals surface area contributed by atoms with Gasteiger partial charge in [-0.2, -0.15) is 0 Å². The first-order valence-electron chi connectivity index (χ1n) is 8.45. The predicted octanol–water partition coefficient (Wildman–Crippen LogP) is 4.43. The highest BCUT2D eigenvalue weighted by Gasteiger charge is 2.15.